The van der Waals surface area contributed by atoms with Gasteiger partial charge in [0, 0.05) is 38.2 Å². The van der Waals surface area contributed by atoms with Crippen LogP contribution in [0.2, 0.25) is 0 Å². The first kappa shape index (κ1) is 15.5. The van der Waals surface area contributed by atoms with Gasteiger partial charge in [-0.2, -0.15) is 0 Å². The van der Waals surface area contributed by atoms with Gasteiger partial charge >= 0.3 is 0 Å². The smallest absolute Gasteiger partial charge is 0.251 e. The van der Waals surface area contributed by atoms with Crippen molar-refractivity contribution in [2.75, 3.05) is 26.2 Å². The Morgan fingerprint density at radius 1 is 1.24 bits per heavy atom. The first-order valence-corrected chi connectivity index (χ1v) is 7.56. The fourth-order valence-electron chi connectivity index (χ4n) is 2.40. The lowest BCUT2D eigenvalue weighted by Crippen LogP contribution is -2.31. The second kappa shape index (κ2) is 7.78. The van der Waals surface area contributed by atoms with Gasteiger partial charge in [0.25, 0.3) is 5.91 Å². The lowest BCUT2D eigenvalue weighted by Gasteiger charge is -2.15. The molecule has 1 fully saturated rings. The average Bonchev–Trinajstić information content (AvgIpc) is 2.89. The molecule has 0 unspecified atom stereocenters. The van der Waals surface area contributed by atoms with Crippen LogP contribution < -0.4 is 10.6 Å². The van der Waals surface area contributed by atoms with Crippen LogP contribution in [0.25, 0.3) is 0 Å². The molecule has 1 heterocycles. The molecule has 2 N–H and O–H groups in total. The molecule has 1 aliphatic rings. The predicted molar refractivity (Wildman–Crippen MR) is 82.0 cm³/mol. The van der Waals surface area contributed by atoms with Crippen LogP contribution >= 0.6 is 0 Å². The van der Waals surface area contributed by atoms with Gasteiger partial charge in [-0.25, -0.2) is 0 Å². The van der Waals surface area contributed by atoms with Crippen LogP contribution in [0.1, 0.15) is 35.7 Å². The Morgan fingerprint density at radius 2 is 2.00 bits per heavy atom. The summed E-state index contributed by atoms with van der Waals surface area (Å²) in [4.78, 5) is 25.4. The molecule has 1 saturated heterocycles. The van der Waals surface area contributed by atoms with Crippen molar-refractivity contribution in [1.29, 1.82) is 0 Å². The highest BCUT2D eigenvalue weighted by Crippen LogP contribution is 2.14. The van der Waals surface area contributed by atoms with Gasteiger partial charge in [-0.3, -0.25) is 9.59 Å². The molecule has 21 heavy (non-hydrogen) atoms. The summed E-state index contributed by atoms with van der Waals surface area (Å²) < 4.78 is 0. The number of likely N-dealkylation sites (tertiary alicyclic amines) is 1. The third-order valence-electron chi connectivity index (χ3n) is 3.60. The van der Waals surface area contributed by atoms with Gasteiger partial charge in [0.15, 0.2) is 0 Å². The van der Waals surface area contributed by atoms with E-state index in [1.165, 1.54) is 0 Å². The largest absolute Gasteiger partial charge is 0.351 e. The molecule has 2 amide bonds. The van der Waals surface area contributed by atoms with E-state index >= 15 is 0 Å². The van der Waals surface area contributed by atoms with Crippen molar-refractivity contribution in [1.82, 2.24) is 15.5 Å². The molecule has 0 aliphatic carbocycles. The zero-order valence-corrected chi connectivity index (χ0v) is 12.5. The van der Waals surface area contributed by atoms with Gasteiger partial charge in [-0.1, -0.05) is 19.1 Å². The lowest BCUT2D eigenvalue weighted by atomic mass is 10.1. The second-order valence-corrected chi connectivity index (χ2v) is 5.23. The van der Waals surface area contributed by atoms with Gasteiger partial charge in [0.05, 0.1) is 0 Å². The first-order chi connectivity index (χ1) is 10.2. The Kier molecular flexibility index (Phi) is 5.75. The van der Waals surface area contributed by atoms with Crippen LogP contribution in [0.3, 0.4) is 0 Å². The van der Waals surface area contributed by atoms with Crippen molar-refractivity contribution in [2.24, 2.45) is 0 Å². The summed E-state index contributed by atoms with van der Waals surface area (Å²) in [6, 6.07) is 7.48. The van der Waals surface area contributed by atoms with Gasteiger partial charge in [0.1, 0.15) is 0 Å². The number of amides is 2. The molecule has 0 atom stereocenters. The van der Waals surface area contributed by atoms with Crippen molar-refractivity contribution in [3.05, 3.63) is 35.4 Å². The Balaban J connectivity index is 1.83. The van der Waals surface area contributed by atoms with Crippen LogP contribution in [0.4, 0.5) is 0 Å². The summed E-state index contributed by atoms with van der Waals surface area (Å²) in [7, 11) is 0. The number of hydrogen-bond acceptors (Lipinski definition) is 3. The quantitative estimate of drug-likeness (QED) is 0.740. The van der Waals surface area contributed by atoms with Crippen LogP contribution in [-0.2, 0) is 11.3 Å². The first-order valence-electron chi connectivity index (χ1n) is 7.56. The summed E-state index contributed by atoms with van der Waals surface area (Å²) in [6.45, 7) is 5.81. The maximum absolute atomic E-state index is 11.9. The highest BCUT2D eigenvalue weighted by atomic mass is 16.2. The van der Waals surface area contributed by atoms with Gasteiger partial charge < -0.3 is 15.5 Å². The molecule has 2 rings (SSSR count). The minimum atomic E-state index is -0.0586. The van der Waals surface area contributed by atoms with Crippen LogP contribution in [-0.4, -0.2) is 42.9 Å². The van der Waals surface area contributed by atoms with Crippen molar-refractivity contribution in [3.8, 4) is 0 Å². The van der Waals surface area contributed by atoms with Crippen molar-refractivity contribution in [3.63, 3.8) is 0 Å². The summed E-state index contributed by atoms with van der Waals surface area (Å²) in [5, 5.41) is 6.02. The van der Waals surface area contributed by atoms with E-state index in [-0.39, 0.29) is 11.8 Å². The fraction of sp³-hybridized carbons (Fsp3) is 0.500. The number of hydrogen-bond donors (Lipinski definition) is 2. The summed E-state index contributed by atoms with van der Waals surface area (Å²) in [6.07, 6.45) is 1.61. The molecule has 1 aliphatic heterocycles. The maximum Gasteiger partial charge on any atom is 0.251 e. The van der Waals surface area contributed by atoms with E-state index in [1.54, 1.807) is 0 Å². The molecule has 0 saturated carbocycles. The van der Waals surface area contributed by atoms with Crippen LogP contribution in [0, 0.1) is 0 Å². The minimum absolute atomic E-state index is 0.0586. The molecule has 1 aromatic rings. The lowest BCUT2D eigenvalue weighted by molar-refractivity contribution is -0.128. The summed E-state index contributed by atoms with van der Waals surface area (Å²) in [5.41, 5.74) is 1.72. The zero-order valence-electron chi connectivity index (χ0n) is 12.5. The molecule has 5 heteroatoms. The number of likely N-dealkylation sites (N-methyl/N-ethyl adjacent to an activating group) is 1. The molecular weight excluding hydrogens is 266 g/mol. The molecule has 0 bridgehead atoms. The maximum atomic E-state index is 11.9. The van der Waals surface area contributed by atoms with E-state index in [2.05, 4.69) is 10.6 Å². The van der Waals surface area contributed by atoms with Crippen LogP contribution in [0.5, 0.6) is 0 Å². The van der Waals surface area contributed by atoms with E-state index in [4.69, 9.17) is 0 Å². The number of carbonyl (C=O) groups is 2. The standard InChI is InChI=1S/C16H23N3O2/c1-2-17-9-10-18-16(21)14-7-5-13(6-8-14)12-19-11-3-4-15(19)20/h5-8,17H,2-4,9-12H2,1H3,(H,18,21). The highest BCUT2D eigenvalue weighted by Gasteiger charge is 2.19. The van der Waals surface area contributed by atoms with Gasteiger partial charge in [0.2, 0.25) is 5.91 Å². The highest BCUT2D eigenvalue weighted by molar-refractivity contribution is 5.94. The van der Waals surface area contributed by atoms with E-state index < -0.39 is 0 Å². The van der Waals surface area contributed by atoms with Crippen molar-refractivity contribution in [2.45, 2.75) is 26.3 Å². The van der Waals surface area contributed by atoms with E-state index in [0.29, 0.717) is 25.1 Å². The molecule has 5 nitrogen and oxygen atoms in total. The molecule has 114 valence electrons. The Hall–Kier alpha value is -1.88. The van der Waals surface area contributed by atoms with Gasteiger partial charge in [-0.05, 0) is 30.7 Å². The summed E-state index contributed by atoms with van der Waals surface area (Å²) in [5.74, 6) is 0.164. The van der Waals surface area contributed by atoms with Crippen molar-refractivity contribution >= 4 is 11.8 Å². The van der Waals surface area contributed by atoms with Crippen molar-refractivity contribution < 1.29 is 9.59 Å². The third-order valence-corrected chi connectivity index (χ3v) is 3.60. The number of benzene rings is 1. The topological polar surface area (TPSA) is 61.4 Å². The molecule has 0 aromatic heterocycles. The average molecular weight is 289 g/mol. The Bertz CT molecular complexity index is 485. The van der Waals surface area contributed by atoms with E-state index in [0.717, 1.165) is 31.6 Å². The Labute approximate surface area is 125 Å². The Morgan fingerprint density at radius 3 is 2.62 bits per heavy atom. The number of nitrogens with one attached hydrogen (secondary N) is 2. The molecule has 1 aromatic carbocycles. The van der Waals surface area contributed by atoms with Gasteiger partial charge in [-0.15, -0.1) is 0 Å². The van der Waals surface area contributed by atoms with E-state index in [9.17, 15) is 9.59 Å². The molecular formula is C16H23N3O2. The molecule has 0 radical (unpaired) electrons. The predicted octanol–water partition coefficient (Wildman–Crippen LogP) is 1.15. The third kappa shape index (κ3) is 4.56. The fourth-order valence-corrected chi connectivity index (χ4v) is 2.40. The number of nitrogens with zero attached hydrogens (tertiary/aromatic N) is 1. The van der Waals surface area contributed by atoms with Crippen LogP contribution in [0.15, 0.2) is 24.3 Å². The number of carbonyl (C=O) groups excluding carboxylic acids is 2. The molecule has 0 spiro atoms. The number of rotatable bonds is 7. The monoisotopic (exact) mass is 289 g/mol. The second-order valence-electron chi connectivity index (χ2n) is 5.23. The zero-order chi connectivity index (χ0) is 15.1. The SMILES string of the molecule is CCNCCNC(=O)c1ccc(CN2CCCC2=O)cc1. The minimum Gasteiger partial charge on any atom is -0.351 e. The van der Waals surface area contributed by atoms with E-state index in [1.807, 2.05) is 36.1 Å². The summed E-state index contributed by atoms with van der Waals surface area (Å²) >= 11 is 0. The normalized spacial score (nSPS) is 14.5.